The number of methoxy groups -OCH3 is 1. The molecule has 6 nitrogen and oxygen atoms in total. The first-order chi connectivity index (χ1) is 14.0. The minimum atomic E-state index is -3.75. The summed E-state index contributed by atoms with van der Waals surface area (Å²) in [6.07, 6.45) is 0. The van der Waals surface area contributed by atoms with Gasteiger partial charge in [0.15, 0.2) is 0 Å². The van der Waals surface area contributed by atoms with E-state index in [4.69, 9.17) is 4.74 Å². The third kappa shape index (κ3) is 6.00. The van der Waals surface area contributed by atoms with Crippen molar-refractivity contribution in [3.63, 3.8) is 0 Å². The molecule has 3 aromatic rings. The van der Waals surface area contributed by atoms with Crippen LogP contribution in [-0.2, 0) is 14.8 Å². The van der Waals surface area contributed by atoms with Crippen LogP contribution in [0.3, 0.4) is 0 Å². The van der Waals surface area contributed by atoms with Crippen molar-refractivity contribution in [1.29, 1.82) is 0 Å². The van der Waals surface area contributed by atoms with Gasteiger partial charge in [0.25, 0.3) is 10.0 Å². The number of hydrogen-bond acceptors (Lipinski definition) is 5. The summed E-state index contributed by atoms with van der Waals surface area (Å²) in [7, 11) is -2.24. The third-order valence-corrected chi connectivity index (χ3v) is 6.29. The molecule has 3 aromatic carbocycles. The fourth-order valence-corrected chi connectivity index (χ4v) is 4.25. The third-order valence-electron chi connectivity index (χ3n) is 3.88. The quantitative estimate of drug-likeness (QED) is 0.525. The Morgan fingerprint density at radius 3 is 2.34 bits per heavy atom. The molecular weight excluding hydrogens is 408 g/mol. The highest BCUT2D eigenvalue weighted by atomic mass is 32.2. The monoisotopic (exact) mass is 428 g/mol. The predicted molar refractivity (Wildman–Crippen MR) is 116 cm³/mol. The van der Waals surface area contributed by atoms with Crippen molar-refractivity contribution >= 4 is 39.1 Å². The SMILES string of the molecule is COc1cccc(NS(=O)(=O)c2ccc(NC(=O)CSc3ccccc3)cc2)c1. The standard InChI is InChI=1S/C21H20N2O4S2/c1-27-18-7-5-6-17(14-18)23-29(25,26)20-12-10-16(11-13-20)22-21(24)15-28-19-8-3-2-4-9-19/h2-14,23H,15H2,1H3,(H,22,24). The van der Waals surface area contributed by atoms with Gasteiger partial charge in [-0.3, -0.25) is 9.52 Å². The molecule has 150 valence electrons. The lowest BCUT2D eigenvalue weighted by atomic mass is 10.3. The van der Waals surface area contributed by atoms with Crippen LogP contribution in [0.4, 0.5) is 11.4 Å². The number of benzene rings is 3. The number of ether oxygens (including phenoxy) is 1. The lowest BCUT2D eigenvalue weighted by Gasteiger charge is -2.10. The fourth-order valence-electron chi connectivity index (χ4n) is 2.48. The molecule has 0 aliphatic carbocycles. The van der Waals surface area contributed by atoms with Crippen LogP contribution in [0.25, 0.3) is 0 Å². The second kappa shape index (κ2) is 9.49. The Morgan fingerprint density at radius 1 is 0.931 bits per heavy atom. The Morgan fingerprint density at radius 2 is 1.66 bits per heavy atom. The lowest BCUT2D eigenvalue weighted by molar-refractivity contribution is -0.113. The van der Waals surface area contributed by atoms with E-state index in [1.807, 2.05) is 30.3 Å². The molecule has 0 atom stereocenters. The van der Waals surface area contributed by atoms with Gasteiger partial charge in [-0.15, -0.1) is 11.8 Å². The molecule has 1 amide bonds. The van der Waals surface area contributed by atoms with E-state index in [0.29, 0.717) is 17.1 Å². The zero-order valence-corrected chi connectivity index (χ0v) is 17.3. The molecule has 0 heterocycles. The van der Waals surface area contributed by atoms with Crippen molar-refractivity contribution in [1.82, 2.24) is 0 Å². The van der Waals surface area contributed by atoms with Crippen molar-refractivity contribution < 1.29 is 17.9 Å². The molecule has 0 bridgehead atoms. The predicted octanol–water partition coefficient (Wildman–Crippen LogP) is 4.23. The van der Waals surface area contributed by atoms with E-state index in [9.17, 15) is 13.2 Å². The van der Waals surface area contributed by atoms with Crippen molar-refractivity contribution in [2.24, 2.45) is 0 Å². The number of amides is 1. The summed E-state index contributed by atoms with van der Waals surface area (Å²) in [5.41, 5.74) is 0.934. The number of carbonyl (C=O) groups is 1. The van der Waals surface area contributed by atoms with E-state index in [2.05, 4.69) is 10.0 Å². The van der Waals surface area contributed by atoms with Gasteiger partial charge in [-0.25, -0.2) is 8.42 Å². The summed E-state index contributed by atoms with van der Waals surface area (Å²) >= 11 is 1.43. The highest BCUT2D eigenvalue weighted by molar-refractivity contribution is 8.00. The summed E-state index contributed by atoms with van der Waals surface area (Å²) in [6, 6.07) is 22.3. The maximum Gasteiger partial charge on any atom is 0.261 e. The first kappa shape index (κ1) is 20.8. The molecule has 0 saturated heterocycles. The number of hydrogen-bond donors (Lipinski definition) is 2. The first-order valence-electron chi connectivity index (χ1n) is 8.71. The topological polar surface area (TPSA) is 84.5 Å². The van der Waals surface area contributed by atoms with E-state index in [0.717, 1.165) is 4.90 Å². The summed E-state index contributed by atoms with van der Waals surface area (Å²) in [5.74, 6) is 0.655. The molecule has 0 fully saturated rings. The van der Waals surface area contributed by atoms with Crippen LogP contribution in [0.15, 0.2) is 88.7 Å². The number of nitrogens with one attached hydrogen (secondary N) is 2. The van der Waals surface area contributed by atoms with Crippen LogP contribution in [0.2, 0.25) is 0 Å². The summed E-state index contributed by atoms with van der Waals surface area (Å²) in [5, 5.41) is 2.76. The Hall–Kier alpha value is -2.97. The molecular formula is C21H20N2O4S2. The van der Waals surface area contributed by atoms with Gasteiger partial charge in [0.05, 0.1) is 23.4 Å². The smallest absolute Gasteiger partial charge is 0.261 e. The summed E-state index contributed by atoms with van der Waals surface area (Å²) in [4.78, 5) is 13.2. The van der Waals surface area contributed by atoms with Crippen LogP contribution in [0.5, 0.6) is 5.75 Å². The average molecular weight is 429 g/mol. The van der Waals surface area contributed by atoms with Crippen molar-refractivity contribution in [3.8, 4) is 5.75 Å². The van der Waals surface area contributed by atoms with Crippen LogP contribution in [0.1, 0.15) is 0 Å². The van der Waals surface area contributed by atoms with Gasteiger partial charge in [-0.1, -0.05) is 24.3 Å². The van der Waals surface area contributed by atoms with Gasteiger partial charge in [0.2, 0.25) is 5.91 Å². The fraction of sp³-hybridized carbons (Fsp3) is 0.0952. The van der Waals surface area contributed by atoms with Gasteiger partial charge in [-0.2, -0.15) is 0 Å². The van der Waals surface area contributed by atoms with Gasteiger partial charge < -0.3 is 10.1 Å². The molecule has 0 spiro atoms. The second-order valence-corrected chi connectivity index (χ2v) is 8.74. The minimum Gasteiger partial charge on any atom is -0.497 e. The zero-order chi connectivity index (χ0) is 20.7. The van der Waals surface area contributed by atoms with Crippen molar-refractivity contribution in [2.45, 2.75) is 9.79 Å². The maximum absolute atomic E-state index is 12.6. The number of thioether (sulfide) groups is 1. The molecule has 2 N–H and O–H groups in total. The van der Waals surface area contributed by atoms with Crippen LogP contribution in [-0.4, -0.2) is 27.2 Å². The highest BCUT2D eigenvalue weighted by Gasteiger charge is 2.15. The number of carbonyl (C=O) groups excluding carboxylic acids is 1. The molecule has 0 aromatic heterocycles. The van der Waals surface area contributed by atoms with Crippen molar-refractivity contribution in [3.05, 3.63) is 78.9 Å². The Balaban J connectivity index is 1.60. The summed E-state index contributed by atoms with van der Waals surface area (Å²) in [6.45, 7) is 0. The van der Waals surface area contributed by atoms with E-state index >= 15 is 0 Å². The molecule has 0 aliphatic rings. The van der Waals surface area contributed by atoms with Crippen LogP contribution >= 0.6 is 11.8 Å². The lowest BCUT2D eigenvalue weighted by Crippen LogP contribution is -2.15. The number of rotatable bonds is 8. The molecule has 0 saturated carbocycles. The largest absolute Gasteiger partial charge is 0.497 e. The molecule has 3 rings (SSSR count). The highest BCUT2D eigenvalue weighted by Crippen LogP contribution is 2.22. The van der Waals surface area contributed by atoms with E-state index in [-0.39, 0.29) is 16.6 Å². The zero-order valence-electron chi connectivity index (χ0n) is 15.7. The van der Waals surface area contributed by atoms with Crippen molar-refractivity contribution in [2.75, 3.05) is 22.9 Å². The minimum absolute atomic E-state index is 0.0944. The van der Waals surface area contributed by atoms with Gasteiger partial charge in [0.1, 0.15) is 5.75 Å². The Kier molecular flexibility index (Phi) is 6.79. The normalized spacial score (nSPS) is 10.9. The van der Waals surface area contributed by atoms with Gasteiger partial charge in [0, 0.05) is 16.6 Å². The number of sulfonamides is 1. The average Bonchev–Trinajstić information content (AvgIpc) is 2.73. The van der Waals surface area contributed by atoms with Crippen LogP contribution < -0.4 is 14.8 Å². The Bertz CT molecular complexity index is 1070. The van der Waals surface area contributed by atoms with E-state index in [1.54, 1.807) is 36.4 Å². The maximum atomic E-state index is 12.6. The van der Waals surface area contributed by atoms with Gasteiger partial charge >= 0.3 is 0 Å². The molecule has 0 radical (unpaired) electrons. The van der Waals surface area contributed by atoms with E-state index in [1.165, 1.54) is 31.0 Å². The molecule has 0 aliphatic heterocycles. The second-order valence-electron chi connectivity index (χ2n) is 6.01. The summed E-state index contributed by atoms with van der Waals surface area (Å²) < 4.78 is 32.7. The molecule has 0 unspecified atom stereocenters. The van der Waals surface area contributed by atoms with E-state index < -0.39 is 10.0 Å². The number of anilines is 2. The van der Waals surface area contributed by atoms with Crippen LogP contribution in [0, 0.1) is 0 Å². The molecule has 8 heteroatoms. The first-order valence-corrected chi connectivity index (χ1v) is 11.2. The molecule has 29 heavy (non-hydrogen) atoms. The van der Waals surface area contributed by atoms with Gasteiger partial charge in [-0.05, 0) is 48.5 Å². The Labute approximate surface area is 174 Å².